The fourth-order valence-corrected chi connectivity index (χ4v) is 3.58. The Morgan fingerprint density at radius 3 is 2.75 bits per heavy atom. The monoisotopic (exact) mass is 396 g/mol. The molecule has 0 spiro atoms. The Morgan fingerprint density at radius 1 is 1.18 bits per heavy atom. The minimum absolute atomic E-state index is 0.0794. The van der Waals surface area contributed by atoms with Crippen molar-refractivity contribution in [1.82, 2.24) is 19.9 Å². The molecule has 3 aromatic heterocycles. The molecule has 0 saturated carbocycles. The Kier molecular flexibility index (Phi) is 5.18. The van der Waals surface area contributed by atoms with E-state index in [0.29, 0.717) is 30.5 Å². The summed E-state index contributed by atoms with van der Waals surface area (Å²) in [7, 11) is 3.54. The first-order valence-corrected chi connectivity index (χ1v) is 9.69. The lowest BCUT2D eigenvalue weighted by Gasteiger charge is -2.31. The zero-order valence-electron chi connectivity index (χ0n) is 15.6. The third kappa shape index (κ3) is 3.80. The van der Waals surface area contributed by atoms with Crippen molar-refractivity contribution in [3.63, 3.8) is 0 Å². The highest BCUT2D eigenvalue weighted by Crippen LogP contribution is 2.30. The molecule has 144 valence electrons. The molecular formula is C19H20N6O2S. The summed E-state index contributed by atoms with van der Waals surface area (Å²) in [6, 6.07) is 7.44. The Bertz CT molecular complexity index is 961. The number of ether oxygens (including phenoxy) is 1. The second-order valence-electron chi connectivity index (χ2n) is 6.39. The van der Waals surface area contributed by atoms with E-state index in [-0.39, 0.29) is 5.91 Å². The molecule has 1 saturated heterocycles. The molecule has 0 bridgehead atoms. The Balaban J connectivity index is 1.54. The van der Waals surface area contributed by atoms with E-state index in [1.807, 2.05) is 41.6 Å². The molecule has 1 aliphatic heterocycles. The number of aromatic nitrogens is 3. The van der Waals surface area contributed by atoms with Crippen molar-refractivity contribution in [2.24, 2.45) is 0 Å². The van der Waals surface area contributed by atoms with Crippen molar-refractivity contribution in [1.29, 1.82) is 0 Å². The molecule has 4 rings (SSSR count). The molecule has 1 N–H and O–H groups in total. The number of thiazole rings is 1. The number of pyridine rings is 2. The fourth-order valence-electron chi connectivity index (χ4n) is 2.97. The molecule has 28 heavy (non-hydrogen) atoms. The molecule has 0 aromatic carbocycles. The molecule has 0 radical (unpaired) electrons. The lowest BCUT2D eigenvalue weighted by molar-refractivity contribution is -0.120. The van der Waals surface area contributed by atoms with Gasteiger partial charge in [-0.15, -0.1) is 11.3 Å². The van der Waals surface area contributed by atoms with Crippen LogP contribution in [0.5, 0.6) is 5.75 Å². The van der Waals surface area contributed by atoms with Crippen LogP contribution >= 0.6 is 11.3 Å². The van der Waals surface area contributed by atoms with Gasteiger partial charge < -0.3 is 15.0 Å². The number of piperazine rings is 1. The third-order valence-corrected chi connectivity index (χ3v) is 5.24. The molecule has 0 unspecified atom stereocenters. The van der Waals surface area contributed by atoms with Gasteiger partial charge in [0, 0.05) is 24.7 Å². The van der Waals surface area contributed by atoms with Crippen molar-refractivity contribution in [3.8, 4) is 16.5 Å². The molecule has 3 aromatic rings. The summed E-state index contributed by atoms with van der Waals surface area (Å²) in [5, 5.41) is 5.94. The van der Waals surface area contributed by atoms with Gasteiger partial charge in [-0.3, -0.25) is 9.69 Å². The van der Waals surface area contributed by atoms with Crippen molar-refractivity contribution >= 4 is 34.6 Å². The Morgan fingerprint density at radius 2 is 2.07 bits per heavy atom. The predicted molar refractivity (Wildman–Crippen MR) is 109 cm³/mol. The number of carbonyl (C=O) groups is 1. The Hall–Kier alpha value is -3.04. The van der Waals surface area contributed by atoms with Gasteiger partial charge in [0.15, 0.2) is 11.6 Å². The van der Waals surface area contributed by atoms with Crippen LogP contribution in [0.2, 0.25) is 0 Å². The van der Waals surface area contributed by atoms with E-state index >= 15 is 0 Å². The summed E-state index contributed by atoms with van der Waals surface area (Å²) in [5.41, 5.74) is 1.55. The average Bonchev–Trinajstić information content (AvgIpc) is 3.24. The normalized spacial score (nSPS) is 14.9. The highest BCUT2D eigenvalue weighted by molar-refractivity contribution is 7.13. The molecule has 1 amide bonds. The largest absolute Gasteiger partial charge is 0.493 e. The van der Waals surface area contributed by atoms with Crippen LogP contribution in [0.4, 0.5) is 17.3 Å². The van der Waals surface area contributed by atoms with Gasteiger partial charge in [-0.2, -0.15) is 0 Å². The van der Waals surface area contributed by atoms with Crippen molar-refractivity contribution in [2.75, 3.05) is 44.0 Å². The van der Waals surface area contributed by atoms with Crippen LogP contribution in [0.3, 0.4) is 0 Å². The van der Waals surface area contributed by atoms with E-state index in [2.05, 4.69) is 20.3 Å². The Labute approximate surface area is 166 Å². The number of rotatable bonds is 5. The fraction of sp³-hybridized carbons (Fsp3) is 0.263. The quantitative estimate of drug-likeness (QED) is 0.710. The number of nitrogens with zero attached hydrogens (tertiary/aromatic N) is 5. The summed E-state index contributed by atoms with van der Waals surface area (Å²) in [4.78, 5) is 29.4. The zero-order valence-corrected chi connectivity index (χ0v) is 16.4. The first-order chi connectivity index (χ1) is 13.6. The number of hydrogen-bond donors (Lipinski definition) is 1. The smallest absolute Gasteiger partial charge is 0.241 e. The number of nitrogens with one attached hydrogen (secondary N) is 1. The van der Waals surface area contributed by atoms with E-state index in [9.17, 15) is 4.79 Å². The van der Waals surface area contributed by atoms with Gasteiger partial charge in [0.05, 0.1) is 25.5 Å². The van der Waals surface area contributed by atoms with Crippen LogP contribution in [-0.4, -0.2) is 59.6 Å². The minimum atomic E-state index is 0.0794. The third-order valence-electron chi connectivity index (χ3n) is 4.45. The van der Waals surface area contributed by atoms with Crippen LogP contribution in [0.1, 0.15) is 0 Å². The molecule has 1 aliphatic rings. The molecule has 8 nitrogen and oxygen atoms in total. The highest BCUT2D eigenvalue weighted by atomic mass is 32.1. The summed E-state index contributed by atoms with van der Waals surface area (Å²) in [6.45, 7) is 1.93. The summed E-state index contributed by atoms with van der Waals surface area (Å²) in [6.07, 6.45) is 3.45. The maximum atomic E-state index is 12.2. The van der Waals surface area contributed by atoms with Gasteiger partial charge in [-0.1, -0.05) is 0 Å². The minimum Gasteiger partial charge on any atom is -0.493 e. The van der Waals surface area contributed by atoms with Crippen molar-refractivity contribution < 1.29 is 9.53 Å². The second-order valence-corrected chi connectivity index (χ2v) is 7.29. The lowest BCUT2D eigenvalue weighted by atomic mass is 10.2. The van der Waals surface area contributed by atoms with Crippen LogP contribution < -0.4 is 15.0 Å². The summed E-state index contributed by atoms with van der Waals surface area (Å²) < 4.78 is 5.41. The number of carbonyl (C=O) groups excluding carboxylic acids is 1. The molecular weight excluding hydrogens is 376 g/mol. The number of amides is 1. The van der Waals surface area contributed by atoms with E-state index in [0.717, 1.165) is 22.9 Å². The van der Waals surface area contributed by atoms with E-state index in [1.54, 1.807) is 24.4 Å². The molecule has 1 fully saturated rings. The highest BCUT2D eigenvalue weighted by Gasteiger charge is 2.23. The van der Waals surface area contributed by atoms with Gasteiger partial charge in [0.25, 0.3) is 0 Å². The maximum Gasteiger partial charge on any atom is 0.241 e. The van der Waals surface area contributed by atoms with Crippen molar-refractivity contribution in [3.05, 3.63) is 42.0 Å². The van der Waals surface area contributed by atoms with Crippen LogP contribution in [0.25, 0.3) is 10.7 Å². The van der Waals surface area contributed by atoms with E-state index < -0.39 is 0 Å². The lowest BCUT2D eigenvalue weighted by Crippen LogP contribution is -2.48. The van der Waals surface area contributed by atoms with Crippen LogP contribution in [0.15, 0.2) is 42.0 Å². The maximum absolute atomic E-state index is 12.2. The molecule has 0 aliphatic carbocycles. The standard InChI is InChI=1S/C19H20N6O2S/c1-24-8-9-25(17(26)12-24)13-3-6-16(21-11-13)23-18-15(27-2)5-4-14(22-18)19-20-7-10-28-19/h3-7,10-11H,8-9,12H2,1-2H3,(H,21,22,23). The number of hydrogen-bond acceptors (Lipinski definition) is 8. The van der Waals surface area contributed by atoms with Gasteiger partial charge in [-0.25, -0.2) is 15.0 Å². The van der Waals surface area contributed by atoms with Gasteiger partial charge in [-0.05, 0) is 31.3 Å². The van der Waals surface area contributed by atoms with Gasteiger partial charge in [0.1, 0.15) is 16.5 Å². The van der Waals surface area contributed by atoms with Gasteiger partial charge >= 0.3 is 0 Å². The topological polar surface area (TPSA) is 83.5 Å². The molecule has 4 heterocycles. The number of likely N-dealkylation sites (N-methyl/N-ethyl adjacent to an activating group) is 1. The first kappa shape index (κ1) is 18.3. The van der Waals surface area contributed by atoms with E-state index in [4.69, 9.17) is 4.74 Å². The predicted octanol–water partition coefficient (Wildman–Crippen LogP) is 2.63. The summed E-state index contributed by atoms with van der Waals surface area (Å²) >= 11 is 1.52. The van der Waals surface area contributed by atoms with Gasteiger partial charge in [0.2, 0.25) is 5.91 Å². The van der Waals surface area contributed by atoms with E-state index in [1.165, 1.54) is 11.3 Å². The van der Waals surface area contributed by atoms with Crippen molar-refractivity contribution in [2.45, 2.75) is 0 Å². The SMILES string of the molecule is COc1ccc(-c2nccs2)nc1Nc1ccc(N2CCN(C)CC2=O)cn1. The number of anilines is 3. The number of methoxy groups -OCH3 is 1. The summed E-state index contributed by atoms with van der Waals surface area (Å²) in [5.74, 6) is 1.87. The molecule has 0 atom stereocenters. The average molecular weight is 396 g/mol. The molecule has 9 heteroatoms. The first-order valence-electron chi connectivity index (χ1n) is 8.81. The second kappa shape index (κ2) is 7.91. The zero-order chi connectivity index (χ0) is 19.5. The van der Waals surface area contributed by atoms with Crippen LogP contribution in [-0.2, 0) is 4.79 Å². The van der Waals surface area contributed by atoms with Crippen LogP contribution in [0, 0.1) is 0 Å².